The van der Waals surface area contributed by atoms with Gasteiger partial charge in [0.2, 0.25) is 0 Å². The van der Waals surface area contributed by atoms with Gasteiger partial charge in [0.25, 0.3) is 11.6 Å². The van der Waals surface area contributed by atoms with E-state index in [0.717, 1.165) is 12.1 Å². The fraction of sp³-hybridized carbons (Fsp3) is 0. The molecule has 1 aromatic carbocycles. The van der Waals surface area contributed by atoms with E-state index in [0.29, 0.717) is 0 Å². The van der Waals surface area contributed by atoms with Crippen LogP contribution in [0.4, 0.5) is 5.69 Å². The van der Waals surface area contributed by atoms with Crippen LogP contribution in [-0.2, 0) is 4.57 Å². The Balaban J connectivity index is 3.18. The Morgan fingerprint density at radius 3 is 2.53 bits per heavy atom. The van der Waals surface area contributed by atoms with Gasteiger partial charge in [-0.1, -0.05) is 11.6 Å². The molecule has 8 nitrogen and oxygen atoms in total. The van der Waals surface area contributed by atoms with Gasteiger partial charge >= 0.3 is 7.75 Å². The zero-order valence-electron chi connectivity index (χ0n) is 8.03. The summed E-state index contributed by atoms with van der Waals surface area (Å²) in [5.41, 5.74) is -1.12. The van der Waals surface area contributed by atoms with Crippen molar-refractivity contribution >= 4 is 30.9 Å². The lowest BCUT2D eigenvalue weighted by Crippen LogP contribution is -2.21. The van der Waals surface area contributed by atoms with Crippen molar-refractivity contribution in [1.82, 2.24) is 5.09 Å². The first kappa shape index (κ1) is 13.6. The molecule has 92 valence electrons. The van der Waals surface area contributed by atoms with E-state index in [1.165, 1.54) is 11.2 Å². The Morgan fingerprint density at radius 2 is 2.06 bits per heavy atom. The van der Waals surface area contributed by atoms with E-state index in [1.807, 2.05) is 0 Å². The molecule has 0 spiro atoms. The Labute approximate surface area is 99.6 Å². The van der Waals surface area contributed by atoms with E-state index in [9.17, 15) is 19.5 Å². The van der Waals surface area contributed by atoms with E-state index >= 15 is 0 Å². The first-order chi connectivity index (χ1) is 7.70. The van der Waals surface area contributed by atoms with E-state index in [4.69, 9.17) is 21.4 Å². The molecule has 0 fully saturated rings. The van der Waals surface area contributed by atoms with Crippen LogP contribution >= 0.6 is 19.3 Å². The second-order valence-electron chi connectivity index (χ2n) is 2.90. The monoisotopic (exact) mass is 280 g/mol. The maximum Gasteiger partial charge on any atom is 0.430 e. The number of hydrogen-bond donors (Lipinski definition) is 3. The number of nitrogens with one attached hydrogen (secondary N) is 1. The van der Waals surface area contributed by atoms with Gasteiger partial charge in [-0.3, -0.25) is 20.0 Å². The molecule has 10 heteroatoms. The molecule has 0 aliphatic carbocycles. The van der Waals surface area contributed by atoms with Crippen molar-refractivity contribution in [2.75, 3.05) is 0 Å². The maximum absolute atomic E-state index is 11.3. The van der Waals surface area contributed by atoms with Crippen LogP contribution in [0, 0.1) is 10.1 Å². The summed E-state index contributed by atoms with van der Waals surface area (Å²) >= 11 is 5.51. The highest BCUT2D eigenvalue weighted by molar-refractivity contribution is 7.50. The highest BCUT2D eigenvalue weighted by Crippen LogP contribution is 2.30. The molecule has 17 heavy (non-hydrogen) atoms. The number of amides is 1. The van der Waals surface area contributed by atoms with E-state index in [1.54, 1.807) is 0 Å². The third-order valence-electron chi connectivity index (χ3n) is 1.65. The molecule has 0 aliphatic rings. The van der Waals surface area contributed by atoms with Crippen molar-refractivity contribution in [3.8, 4) is 0 Å². The number of halogens is 1. The van der Waals surface area contributed by atoms with Crippen LogP contribution in [-0.4, -0.2) is 20.6 Å². The first-order valence-electron chi connectivity index (χ1n) is 4.03. The largest absolute Gasteiger partial charge is 0.430 e. The Bertz CT molecular complexity index is 527. The van der Waals surface area contributed by atoms with E-state index in [-0.39, 0.29) is 5.02 Å². The minimum Gasteiger partial charge on any atom is -0.308 e. The van der Waals surface area contributed by atoms with Gasteiger partial charge in [-0.05, 0) is 12.1 Å². The highest BCUT2D eigenvalue weighted by Gasteiger charge is 2.25. The number of carbonyl (C=O) groups is 1. The average Bonchev–Trinajstić information content (AvgIpc) is 2.14. The molecule has 0 atom stereocenters. The molecule has 0 bridgehead atoms. The van der Waals surface area contributed by atoms with Crippen molar-refractivity contribution in [2.45, 2.75) is 0 Å². The van der Waals surface area contributed by atoms with Crippen LogP contribution in [0.3, 0.4) is 0 Å². The standard InChI is InChI=1S/C7H6ClN2O6P/c8-4-1-2-5(6(3-4)10(12)13)7(11)9-17(14,15)16/h1-3H,(H3,9,11,14,15,16). The quantitative estimate of drug-likeness (QED) is 0.431. The molecule has 3 N–H and O–H groups in total. The summed E-state index contributed by atoms with van der Waals surface area (Å²) < 4.78 is 10.5. The topological polar surface area (TPSA) is 130 Å². The number of nitrogens with zero attached hydrogens (tertiary/aromatic N) is 1. The second kappa shape index (κ2) is 4.80. The number of nitro benzene ring substituents is 1. The minimum absolute atomic E-state index is 0.0319. The summed E-state index contributed by atoms with van der Waals surface area (Å²) in [5, 5.41) is 12.0. The number of benzene rings is 1. The third-order valence-corrected chi connectivity index (χ3v) is 2.38. The zero-order valence-corrected chi connectivity index (χ0v) is 9.68. The van der Waals surface area contributed by atoms with Crippen LogP contribution < -0.4 is 5.09 Å². The summed E-state index contributed by atoms with van der Waals surface area (Å²) in [5.74, 6) is -1.25. The molecule has 0 heterocycles. The molecule has 0 aromatic heterocycles. The summed E-state index contributed by atoms with van der Waals surface area (Å²) in [7, 11) is -4.80. The normalized spacial score (nSPS) is 11.0. The highest BCUT2D eigenvalue weighted by atomic mass is 35.5. The molecule has 1 rings (SSSR count). The number of rotatable bonds is 3. The van der Waals surface area contributed by atoms with Crippen LogP contribution in [0.5, 0.6) is 0 Å². The van der Waals surface area contributed by atoms with Crippen LogP contribution in [0.25, 0.3) is 0 Å². The van der Waals surface area contributed by atoms with Crippen molar-refractivity contribution in [1.29, 1.82) is 0 Å². The minimum atomic E-state index is -4.80. The molecule has 1 aromatic rings. The molecule has 1 amide bonds. The second-order valence-corrected chi connectivity index (χ2v) is 4.65. The molecule has 0 saturated heterocycles. The summed E-state index contributed by atoms with van der Waals surface area (Å²) in [6, 6.07) is 3.12. The summed E-state index contributed by atoms with van der Waals surface area (Å²) in [6.45, 7) is 0. The zero-order chi connectivity index (χ0) is 13.2. The average molecular weight is 281 g/mol. The lowest BCUT2D eigenvalue weighted by molar-refractivity contribution is -0.385. The van der Waals surface area contributed by atoms with Gasteiger partial charge in [0, 0.05) is 11.1 Å². The molecule has 0 unspecified atom stereocenters. The Kier molecular flexibility index (Phi) is 3.84. The summed E-state index contributed by atoms with van der Waals surface area (Å²) in [6.07, 6.45) is 0. The molecule has 0 aliphatic heterocycles. The predicted molar refractivity (Wildman–Crippen MR) is 57.6 cm³/mol. The SMILES string of the molecule is O=C(NP(=O)(O)O)c1ccc(Cl)cc1[N+](=O)[O-]. The van der Waals surface area contributed by atoms with Crippen molar-refractivity contribution in [2.24, 2.45) is 0 Å². The fourth-order valence-electron chi connectivity index (χ4n) is 1.04. The third kappa shape index (κ3) is 3.79. The molecule has 0 saturated carbocycles. The van der Waals surface area contributed by atoms with Gasteiger partial charge in [-0.25, -0.2) is 4.57 Å². The Hall–Kier alpha value is -1.47. The van der Waals surface area contributed by atoms with Gasteiger partial charge in [0.1, 0.15) is 5.56 Å². The molecular formula is C7H6ClN2O6P. The number of hydrogen-bond acceptors (Lipinski definition) is 4. The number of carbonyl (C=O) groups excluding carboxylic acids is 1. The Morgan fingerprint density at radius 1 is 1.47 bits per heavy atom. The van der Waals surface area contributed by atoms with Gasteiger partial charge < -0.3 is 9.79 Å². The maximum atomic E-state index is 11.3. The van der Waals surface area contributed by atoms with Gasteiger partial charge in [0.15, 0.2) is 0 Å². The van der Waals surface area contributed by atoms with Crippen LogP contribution in [0.1, 0.15) is 10.4 Å². The van der Waals surface area contributed by atoms with Gasteiger partial charge in [-0.15, -0.1) is 0 Å². The van der Waals surface area contributed by atoms with Crippen molar-refractivity contribution in [3.05, 3.63) is 38.9 Å². The lowest BCUT2D eigenvalue weighted by Gasteiger charge is -2.06. The van der Waals surface area contributed by atoms with E-state index in [2.05, 4.69) is 0 Å². The van der Waals surface area contributed by atoms with E-state index < -0.39 is 29.8 Å². The first-order valence-corrected chi connectivity index (χ1v) is 6.02. The lowest BCUT2D eigenvalue weighted by atomic mass is 10.2. The number of nitro groups is 1. The molecular weight excluding hydrogens is 275 g/mol. The van der Waals surface area contributed by atoms with Crippen LogP contribution in [0.15, 0.2) is 18.2 Å². The predicted octanol–water partition coefficient (Wildman–Crippen LogP) is 1.07. The van der Waals surface area contributed by atoms with Crippen LogP contribution in [0.2, 0.25) is 5.02 Å². The van der Waals surface area contributed by atoms with Gasteiger partial charge in [-0.2, -0.15) is 0 Å². The van der Waals surface area contributed by atoms with Gasteiger partial charge in [0.05, 0.1) is 4.92 Å². The smallest absolute Gasteiger partial charge is 0.308 e. The van der Waals surface area contributed by atoms with Crippen molar-refractivity contribution < 1.29 is 24.1 Å². The fourth-order valence-corrected chi connectivity index (χ4v) is 1.59. The van der Waals surface area contributed by atoms with Crippen molar-refractivity contribution in [3.63, 3.8) is 0 Å². The summed E-state index contributed by atoms with van der Waals surface area (Å²) in [4.78, 5) is 38.1. The molecule has 0 radical (unpaired) electrons.